The first kappa shape index (κ1) is 12.9. The molecule has 0 bridgehead atoms. The molecule has 0 aliphatic carbocycles. The SMILES string of the molecule is O=C(COc1ccccc1O)Nc1ccccc1F. The van der Waals surface area contributed by atoms with Crippen molar-refractivity contribution < 1.29 is 19.0 Å². The zero-order valence-corrected chi connectivity index (χ0v) is 9.97. The predicted molar refractivity (Wildman–Crippen MR) is 68.6 cm³/mol. The maximum absolute atomic E-state index is 13.3. The van der Waals surface area contributed by atoms with Crippen molar-refractivity contribution in [2.45, 2.75) is 0 Å². The highest BCUT2D eigenvalue weighted by atomic mass is 19.1. The van der Waals surface area contributed by atoms with Crippen LogP contribution in [0, 0.1) is 5.82 Å². The number of amides is 1. The molecule has 98 valence electrons. The molecule has 0 spiro atoms. The first-order valence-corrected chi connectivity index (χ1v) is 5.62. The Kier molecular flexibility index (Phi) is 3.97. The normalized spacial score (nSPS) is 9.95. The second-order valence-corrected chi connectivity index (χ2v) is 3.78. The monoisotopic (exact) mass is 261 g/mol. The molecule has 0 atom stereocenters. The molecule has 0 heterocycles. The van der Waals surface area contributed by atoms with Gasteiger partial charge in [0, 0.05) is 0 Å². The minimum atomic E-state index is -0.515. The molecule has 2 N–H and O–H groups in total. The fraction of sp³-hybridized carbons (Fsp3) is 0.0714. The zero-order valence-electron chi connectivity index (χ0n) is 9.97. The molecule has 2 rings (SSSR count). The van der Waals surface area contributed by atoms with Gasteiger partial charge in [0.25, 0.3) is 5.91 Å². The number of phenols is 1. The van der Waals surface area contributed by atoms with Gasteiger partial charge >= 0.3 is 0 Å². The molecule has 4 nitrogen and oxygen atoms in total. The Bertz CT molecular complexity index is 586. The van der Waals surface area contributed by atoms with Gasteiger partial charge in [0.2, 0.25) is 0 Å². The van der Waals surface area contributed by atoms with Crippen LogP contribution in [0.15, 0.2) is 48.5 Å². The Morgan fingerprint density at radius 3 is 2.58 bits per heavy atom. The summed E-state index contributed by atoms with van der Waals surface area (Å²) in [5.74, 6) is -0.876. The van der Waals surface area contributed by atoms with Gasteiger partial charge in [-0.3, -0.25) is 4.79 Å². The third kappa shape index (κ3) is 3.45. The highest BCUT2D eigenvalue weighted by Crippen LogP contribution is 2.24. The van der Waals surface area contributed by atoms with Gasteiger partial charge in [-0.25, -0.2) is 4.39 Å². The smallest absolute Gasteiger partial charge is 0.262 e. The molecule has 1 amide bonds. The van der Waals surface area contributed by atoms with Gasteiger partial charge in [-0.2, -0.15) is 0 Å². The Morgan fingerprint density at radius 2 is 1.84 bits per heavy atom. The van der Waals surface area contributed by atoms with Crippen molar-refractivity contribution in [1.29, 1.82) is 0 Å². The number of phenolic OH excluding ortho intramolecular Hbond substituents is 1. The van der Waals surface area contributed by atoms with E-state index in [0.717, 1.165) is 0 Å². The Hall–Kier alpha value is -2.56. The number of nitrogens with one attached hydrogen (secondary N) is 1. The summed E-state index contributed by atoms with van der Waals surface area (Å²) in [4.78, 5) is 11.6. The highest BCUT2D eigenvalue weighted by molar-refractivity contribution is 5.92. The molecule has 0 saturated carbocycles. The van der Waals surface area contributed by atoms with Crippen LogP contribution in [-0.4, -0.2) is 17.6 Å². The van der Waals surface area contributed by atoms with Gasteiger partial charge in [0.15, 0.2) is 18.1 Å². The van der Waals surface area contributed by atoms with Crippen LogP contribution in [-0.2, 0) is 4.79 Å². The molecule has 0 unspecified atom stereocenters. The predicted octanol–water partition coefficient (Wildman–Crippen LogP) is 2.55. The number of benzene rings is 2. The number of anilines is 1. The van der Waals surface area contributed by atoms with Crippen molar-refractivity contribution in [3.05, 3.63) is 54.3 Å². The molecule has 2 aromatic carbocycles. The number of aromatic hydroxyl groups is 1. The molecule has 5 heteroatoms. The van der Waals surface area contributed by atoms with Crippen molar-refractivity contribution in [1.82, 2.24) is 0 Å². The van der Waals surface area contributed by atoms with E-state index in [4.69, 9.17) is 4.74 Å². The number of para-hydroxylation sites is 3. The molecular weight excluding hydrogens is 249 g/mol. The lowest BCUT2D eigenvalue weighted by molar-refractivity contribution is -0.118. The van der Waals surface area contributed by atoms with Gasteiger partial charge in [-0.1, -0.05) is 24.3 Å². The fourth-order valence-corrected chi connectivity index (χ4v) is 1.47. The van der Waals surface area contributed by atoms with E-state index in [1.807, 2.05) is 0 Å². The number of hydrogen-bond acceptors (Lipinski definition) is 3. The van der Waals surface area contributed by atoms with E-state index in [1.165, 1.54) is 30.3 Å². The van der Waals surface area contributed by atoms with E-state index in [-0.39, 0.29) is 23.8 Å². The lowest BCUT2D eigenvalue weighted by Crippen LogP contribution is -2.20. The van der Waals surface area contributed by atoms with Crippen LogP contribution in [0.5, 0.6) is 11.5 Å². The molecule has 0 radical (unpaired) electrons. The lowest BCUT2D eigenvalue weighted by atomic mass is 10.3. The average molecular weight is 261 g/mol. The Labute approximate surface area is 109 Å². The molecule has 19 heavy (non-hydrogen) atoms. The summed E-state index contributed by atoms with van der Waals surface area (Å²) in [5, 5.41) is 11.8. The number of rotatable bonds is 4. The molecule has 0 aliphatic heterocycles. The van der Waals surface area contributed by atoms with E-state index in [2.05, 4.69) is 5.32 Å². The van der Waals surface area contributed by atoms with Crippen molar-refractivity contribution in [3.8, 4) is 11.5 Å². The van der Waals surface area contributed by atoms with Crippen molar-refractivity contribution >= 4 is 11.6 Å². The van der Waals surface area contributed by atoms with Crippen LogP contribution < -0.4 is 10.1 Å². The second-order valence-electron chi connectivity index (χ2n) is 3.78. The first-order valence-electron chi connectivity index (χ1n) is 5.62. The van der Waals surface area contributed by atoms with Gasteiger partial charge in [-0.05, 0) is 24.3 Å². The number of carbonyl (C=O) groups excluding carboxylic acids is 1. The summed E-state index contributed by atoms with van der Waals surface area (Å²) in [6.07, 6.45) is 0. The van der Waals surface area contributed by atoms with Crippen molar-refractivity contribution in [2.75, 3.05) is 11.9 Å². The van der Waals surface area contributed by atoms with Crippen LogP contribution >= 0.6 is 0 Å². The summed E-state index contributed by atoms with van der Waals surface area (Å²) in [6.45, 7) is -0.314. The molecular formula is C14H12FNO3. The summed E-state index contributed by atoms with van der Waals surface area (Å²) >= 11 is 0. The van der Waals surface area contributed by atoms with E-state index >= 15 is 0 Å². The third-order valence-corrected chi connectivity index (χ3v) is 2.37. The maximum atomic E-state index is 13.3. The van der Waals surface area contributed by atoms with Crippen LogP contribution in [0.25, 0.3) is 0 Å². The highest BCUT2D eigenvalue weighted by Gasteiger charge is 2.08. The lowest BCUT2D eigenvalue weighted by Gasteiger charge is -2.08. The zero-order chi connectivity index (χ0) is 13.7. The van der Waals surface area contributed by atoms with Crippen LogP contribution in [0.3, 0.4) is 0 Å². The van der Waals surface area contributed by atoms with Crippen molar-refractivity contribution in [2.24, 2.45) is 0 Å². The van der Waals surface area contributed by atoms with Crippen molar-refractivity contribution in [3.63, 3.8) is 0 Å². The van der Waals surface area contributed by atoms with E-state index in [1.54, 1.807) is 18.2 Å². The Balaban J connectivity index is 1.92. The standard InChI is InChI=1S/C14H12FNO3/c15-10-5-1-2-6-11(10)16-14(18)9-19-13-8-4-3-7-12(13)17/h1-8,17H,9H2,(H,16,18). The molecule has 0 aliphatic rings. The fourth-order valence-electron chi connectivity index (χ4n) is 1.47. The van der Waals surface area contributed by atoms with E-state index in [0.29, 0.717) is 0 Å². The first-order chi connectivity index (χ1) is 9.16. The van der Waals surface area contributed by atoms with E-state index < -0.39 is 11.7 Å². The summed E-state index contributed by atoms with van der Waals surface area (Å²) in [6, 6.07) is 12.1. The summed E-state index contributed by atoms with van der Waals surface area (Å²) < 4.78 is 18.4. The maximum Gasteiger partial charge on any atom is 0.262 e. The van der Waals surface area contributed by atoms with Crippen LogP contribution in [0.4, 0.5) is 10.1 Å². The van der Waals surface area contributed by atoms with Crippen LogP contribution in [0.1, 0.15) is 0 Å². The van der Waals surface area contributed by atoms with Crippen LogP contribution in [0.2, 0.25) is 0 Å². The Morgan fingerprint density at radius 1 is 1.16 bits per heavy atom. The summed E-state index contributed by atoms with van der Waals surface area (Å²) in [7, 11) is 0. The molecule has 0 saturated heterocycles. The van der Waals surface area contributed by atoms with Gasteiger partial charge in [0.05, 0.1) is 5.69 Å². The van der Waals surface area contributed by atoms with Gasteiger partial charge in [-0.15, -0.1) is 0 Å². The van der Waals surface area contributed by atoms with E-state index in [9.17, 15) is 14.3 Å². The van der Waals surface area contributed by atoms with Gasteiger partial charge < -0.3 is 15.2 Å². The number of hydrogen-bond donors (Lipinski definition) is 2. The summed E-state index contributed by atoms with van der Waals surface area (Å²) in [5.41, 5.74) is 0.0911. The number of halogens is 1. The number of ether oxygens (including phenoxy) is 1. The average Bonchev–Trinajstić information content (AvgIpc) is 2.40. The minimum Gasteiger partial charge on any atom is -0.504 e. The van der Waals surface area contributed by atoms with Gasteiger partial charge in [0.1, 0.15) is 5.82 Å². The minimum absolute atomic E-state index is 0.0545. The second kappa shape index (κ2) is 5.86. The number of carbonyl (C=O) groups is 1. The molecule has 2 aromatic rings. The quantitative estimate of drug-likeness (QED) is 0.889. The largest absolute Gasteiger partial charge is 0.504 e. The molecule has 0 aromatic heterocycles. The topological polar surface area (TPSA) is 58.6 Å². The molecule has 0 fully saturated rings. The third-order valence-electron chi connectivity index (χ3n) is 2.37.